The fourth-order valence-electron chi connectivity index (χ4n) is 3.27. The molecular weight excluding hydrogens is 388 g/mol. The summed E-state index contributed by atoms with van der Waals surface area (Å²) in [6.07, 6.45) is 3.41. The monoisotopic (exact) mass is 412 g/mol. The molecule has 0 fully saturated rings. The summed E-state index contributed by atoms with van der Waals surface area (Å²) in [5, 5.41) is 3.96. The van der Waals surface area contributed by atoms with Crippen molar-refractivity contribution >= 4 is 39.2 Å². The topological polar surface area (TPSA) is 42.0 Å². The summed E-state index contributed by atoms with van der Waals surface area (Å²) >= 11 is 1.68. The average molecular weight is 413 g/mol. The molecule has 0 spiro atoms. The molecule has 0 aliphatic rings. The van der Waals surface area contributed by atoms with Crippen LogP contribution in [-0.2, 0) is 4.79 Å². The number of amides is 1. The number of benzene rings is 3. The minimum atomic E-state index is -0.140. The summed E-state index contributed by atoms with van der Waals surface area (Å²) in [6.45, 7) is 6.34. The van der Waals surface area contributed by atoms with E-state index in [1.54, 1.807) is 17.4 Å². The number of aromatic nitrogens is 1. The molecule has 150 valence electrons. The number of aryl methyl sites for hydroxylation is 1. The molecule has 1 N–H and O–H groups in total. The zero-order valence-corrected chi connectivity index (χ0v) is 18.2. The van der Waals surface area contributed by atoms with Crippen molar-refractivity contribution in [3.63, 3.8) is 0 Å². The Hall–Kier alpha value is -3.24. The van der Waals surface area contributed by atoms with E-state index in [2.05, 4.69) is 43.4 Å². The molecule has 1 aromatic heterocycles. The van der Waals surface area contributed by atoms with Gasteiger partial charge in [-0.2, -0.15) is 0 Å². The number of hydrogen-bond acceptors (Lipinski definition) is 3. The van der Waals surface area contributed by atoms with Gasteiger partial charge in [0.05, 0.1) is 10.2 Å². The highest BCUT2D eigenvalue weighted by Crippen LogP contribution is 2.31. The van der Waals surface area contributed by atoms with Gasteiger partial charge in [-0.15, -0.1) is 11.3 Å². The minimum Gasteiger partial charge on any atom is -0.322 e. The number of nitrogens with zero attached hydrogens (tertiary/aromatic N) is 1. The highest BCUT2D eigenvalue weighted by atomic mass is 32.1. The van der Waals surface area contributed by atoms with Gasteiger partial charge in [-0.1, -0.05) is 50.2 Å². The number of carbonyl (C=O) groups excluding carboxylic acids is 1. The normalized spacial score (nSPS) is 11.5. The Bertz CT molecular complexity index is 1190. The number of fused-ring (bicyclic) bond motifs is 1. The molecule has 0 bridgehead atoms. The largest absolute Gasteiger partial charge is 0.322 e. The first kappa shape index (κ1) is 20.0. The molecule has 0 aliphatic carbocycles. The lowest BCUT2D eigenvalue weighted by Gasteiger charge is -2.08. The fourth-order valence-corrected chi connectivity index (χ4v) is 4.23. The van der Waals surface area contributed by atoms with Crippen LogP contribution in [0.25, 0.3) is 26.9 Å². The van der Waals surface area contributed by atoms with Crippen LogP contribution in [0.2, 0.25) is 0 Å². The van der Waals surface area contributed by atoms with Gasteiger partial charge in [0.1, 0.15) is 5.01 Å². The Morgan fingerprint density at radius 2 is 1.80 bits per heavy atom. The van der Waals surface area contributed by atoms with E-state index in [4.69, 9.17) is 4.98 Å². The molecule has 1 amide bonds. The molecule has 1 heterocycles. The second-order valence-corrected chi connectivity index (χ2v) is 8.69. The molecule has 3 aromatic carbocycles. The van der Waals surface area contributed by atoms with Gasteiger partial charge in [-0.05, 0) is 65.9 Å². The number of hydrogen-bond donors (Lipinski definition) is 1. The molecule has 30 heavy (non-hydrogen) atoms. The summed E-state index contributed by atoms with van der Waals surface area (Å²) in [4.78, 5) is 17.1. The molecule has 0 unspecified atom stereocenters. The zero-order valence-electron chi connectivity index (χ0n) is 17.3. The van der Waals surface area contributed by atoms with Crippen LogP contribution in [0.1, 0.15) is 36.5 Å². The van der Waals surface area contributed by atoms with E-state index >= 15 is 0 Å². The van der Waals surface area contributed by atoms with Crippen LogP contribution in [0.4, 0.5) is 5.69 Å². The zero-order chi connectivity index (χ0) is 21.1. The first-order valence-corrected chi connectivity index (χ1v) is 10.9. The van der Waals surface area contributed by atoms with Crippen molar-refractivity contribution < 1.29 is 4.79 Å². The lowest BCUT2D eigenvalue weighted by atomic mass is 10.0. The van der Waals surface area contributed by atoms with Crippen molar-refractivity contribution in [2.24, 2.45) is 0 Å². The van der Waals surface area contributed by atoms with Gasteiger partial charge < -0.3 is 5.32 Å². The Kier molecular flexibility index (Phi) is 5.77. The van der Waals surface area contributed by atoms with Crippen LogP contribution in [0.15, 0.2) is 72.8 Å². The van der Waals surface area contributed by atoms with Gasteiger partial charge in [0.25, 0.3) is 0 Å². The number of carbonyl (C=O) groups is 1. The number of thiazole rings is 1. The van der Waals surface area contributed by atoms with Gasteiger partial charge in [-0.25, -0.2) is 4.98 Å². The molecule has 0 saturated carbocycles. The molecule has 0 radical (unpaired) electrons. The number of anilines is 1. The van der Waals surface area contributed by atoms with Gasteiger partial charge in [0.2, 0.25) is 5.91 Å². The summed E-state index contributed by atoms with van der Waals surface area (Å²) in [5.74, 6) is 0.360. The third-order valence-electron chi connectivity index (χ3n) is 5.06. The average Bonchev–Trinajstić information content (AvgIpc) is 3.18. The van der Waals surface area contributed by atoms with Gasteiger partial charge in [0.15, 0.2) is 0 Å². The smallest absolute Gasteiger partial charge is 0.248 e. The maximum absolute atomic E-state index is 12.4. The molecule has 0 aliphatic heterocycles. The molecule has 4 rings (SSSR count). The SMILES string of the molecule is Cc1cc(-c2nc3ccccc3s2)ccc1NC(=O)/C=C/c1ccc(C(C)C)cc1. The Labute approximate surface area is 181 Å². The van der Waals surface area contributed by atoms with Crippen molar-refractivity contribution in [3.8, 4) is 10.6 Å². The van der Waals surface area contributed by atoms with Crippen LogP contribution in [-0.4, -0.2) is 10.9 Å². The Balaban J connectivity index is 1.46. The van der Waals surface area contributed by atoms with E-state index in [0.29, 0.717) is 5.92 Å². The third-order valence-corrected chi connectivity index (χ3v) is 6.14. The van der Waals surface area contributed by atoms with Gasteiger partial charge >= 0.3 is 0 Å². The van der Waals surface area contributed by atoms with Crippen molar-refractivity contribution in [1.82, 2.24) is 4.98 Å². The summed E-state index contributed by atoms with van der Waals surface area (Å²) in [5.41, 5.74) is 6.20. The summed E-state index contributed by atoms with van der Waals surface area (Å²) < 4.78 is 1.18. The quantitative estimate of drug-likeness (QED) is 0.357. The molecule has 0 atom stereocenters. The standard InChI is InChI=1S/C26H24N2OS/c1-17(2)20-11-8-19(9-12-20)10-15-25(29)27-22-14-13-21(16-18(22)3)26-28-23-6-4-5-7-24(23)30-26/h4-17H,1-3H3,(H,27,29)/b15-10+. The third kappa shape index (κ3) is 4.50. The number of rotatable bonds is 5. The molecule has 4 heteroatoms. The van der Waals surface area contributed by atoms with E-state index in [1.807, 2.05) is 55.5 Å². The second-order valence-electron chi connectivity index (χ2n) is 7.66. The van der Waals surface area contributed by atoms with E-state index in [1.165, 1.54) is 10.3 Å². The van der Waals surface area contributed by atoms with Crippen molar-refractivity contribution in [2.45, 2.75) is 26.7 Å². The van der Waals surface area contributed by atoms with Crippen LogP contribution < -0.4 is 5.32 Å². The van der Waals surface area contributed by atoms with Crippen LogP contribution >= 0.6 is 11.3 Å². The van der Waals surface area contributed by atoms with E-state index in [9.17, 15) is 4.79 Å². The summed E-state index contributed by atoms with van der Waals surface area (Å²) in [7, 11) is 0. The maximum atomic E-state index is 12.4. The highest BCUT2D eigenvalue weighted by Gasteiger charge is 2.09. The van der Waals surface area contributed by atoms with Crippen LogP contribution in [0, 0.1) is 6.92 Å². The molecule has 4 aromatic rings. The van der Waals surface area contributed by atoms with E-state index < -0.39 is 0 Å². The van der Waals surface area contributed by atoms with Crippen molar-refractivity contribution in [3.05, 3.63) is 89.5 Å². The predicted octanol–water partition coefficient (Wildman–Crippen LogP) is 7.05. The maximum Gasteiger partial charge on any atom is 0.248 e. The van der Waals surface area contributed by atoms with Gasteiger partial charge in [-0.3, -0.25) is 4.79 Å². The lowest BCUT2D eigenvalue weighted by Crippen LogP contribution is -2.08. The first-order chi connectivity index (χ1) is 14.5. The number of nitrogens with one attached hydrogen (secondary N) is 1. The minimum absolute atomic E-state index is 0.140. The van der Waals surface area contributed by atoms with Crippen molar-refractivity contribution in [1.29, 1.82) is 0 Å². The van der Waals surface area contributed by atoms with Gasteiger partial charge in [0, 0.05) is 17.3 Å². The lowest BCUT2D eigenvalue weighted by molar-refractivity contribution is -0.111. The van der Waals surface area contributed by atoms with E-state index in [0.717, 1.165) is 32.9 Å². The van der Waals surface area contributed by atoms with Crippen molar-refractivity contribution in [2.75, 3.05) is 5.32 Å². The number of para-hydroxylation sites is 1. The van der Waals surface area contributed by atoms with E-state index in [-0.39, 0.29) is 5.91 Å². The first-order valence-electron chi connectivity index (χ1n) is 10.1. The predicted molar refractivity (Wildman–Crippen MR) is 128 cm³/mol. The Morgan fingerprint density at radius 1 is 1.03 bits per heavy atom. The fraction of sp³-hybridized carbons (Fsp3) is 0.154. The molecule has 0 saturated heterocycles. The van der Waals surface area contributed by atoms with Crippen LogP contribution in [0.5, 0.6) is 0 Å². The molecule has 3 nitrogen and oxygen atoms in total. The van der Waals surface area contributed by atoms with Crippen LogP contribution in [0.3, 0.4) is 0 Å². The second kappa shape index (κ2) is 8.64. The molecular formula is C26H24N2OS. The highest BCUT2D eigenvalue weighted by molar-refractivity contribution is 7.21. The Morgan fingerprint density at radius 3 is 2.50 bits per heavy atom. The summed E-state index contributed by atoms with van der Waals surface area (Å²) in [6, 6.07) is 22.5.